The molecule has 0 spiro atoms. The summed E-state index contributed by atoms with van der Waals surface area (Å²) in [5.41, 5.74) is 4.25. The van der Waals surface area contributed by atoms with Gasteiger partial charge in [0.2, 0.25) is 5.95 Å². The van der Waals surface area contributed by atoms with Crippen molar-refractivity contribution in [2.45, 2.75) is 38.6 Å². The Balaban J connectivity index is 1.13. The van der Waals surface area contributed by atoms with Crippen LogP contribution in [0.15, 0.2) is 42.0 Å². The molecule has 1 aromatic carbocycles. The quantitative estimate of drug-likeness (QED) is 0.442. The van der Waals surface area contributed by atoms with Crippen molar-refractivity contribution in [3.63, 3.8) is 0 Å². The maximum atomic E-state index is 4.90. The molecule has 9 nitrogen and oxygen atoms in total. The standard InChI is InChI=1S/C22H25N9S/c1-2-15-11-24-22(25-12-15)31-9-7-17(8-10-31)21-26-19(14-32-21)13-23-18-5-3-16(4-6-18)20-27-29-30-28-20/h3-6,11-12,14,17,23H,2,7-10,13H2,1H3,(H,27,28,29,30). The first-order valence-corrected chi connectivity index (χ1v) is 11.7. The summed E-state index contributed by atoms with van der Waals surface area (Å²) in [7, 11) is 0. The fourth-order valence-electron chi connectivity index (χ4n) is 3.83. The Morgan fingerprint density at radius 2 is 1.91 bits per heavy atom. The minimum absolute atomic E-state index is 0.509. The summed E-state index contributed by atoms with van der Waals surface area (Å²) >= 11 is 1.77. The third-order valence-electron chi connectivity index (χ3n) is 5.77. The lowest BCUT2D eigenvalue weighted by molar-refractivity contribution is 0.497. The van der Waals surface area contributed by atoms with Crippen molar-refractivity contribution in [3.8, 4) is 11.4 Å². The van der Waals surface area contributed by atoms with Crippen LogP contribution in [0, 0.1) is 0 Å². The third-order valence-corrected chi connectivity index (χ3v) is 6.83. The zero-order valence-electron chi connectivity index (χ0n) is 17.9. The van der Waals surface area contributed by atoms with Crippen LogP contribution in [0.25, 0.3) is 11.4 Å². The van der Waals surface area contributed by atoms with Crippen molar-refractivity contribution in [2.24, 2.45) is 0 Å². The van der Waals surface area contributed by atoms with Crippen molar-refractivity contribution >= 4 is 23.0 Å². The normalized spacial score (nSPS) is 14.6. The first kappa shape index (κ1) is 20.5. The number of H-pyrrole nitrogens is 1. The summed E-state index contributed by atoms with van der Waals surface area (Å²) in [6.07, 6.45) is 7.00. The van der Waals surface area contributed by atoms with E-state index in [1.807, 2.05) is 36.7 Å². The lowest BCUT2D eigenvalue weighted by Crippen LogP contribution is -2.34. The number of nitrogens with one attached hydrogen (secondary N) is 2. The van der Waals surface area contributed by atoms with Gasteiger partial charge in [0.05, 0.1) is 17.2 Å². The highest BCUT2D eigenvalue weighted by Crippen LogP contribution is 2.31. The summed E-state index contributed by atoms with van der Waals surface area (Å²) in [6, 6.07) is 8.03. The molecule has 0 amide bonds. The van der Waals surface area contributed by atoms with Gasteiger partial charge in [-0.1, -0.05) is 6.92 Å². The average molecular weight is 448 g/mol. The molecule has 4 heterocycles. The Kier molecular flexibility index (Phi) is 6.02. The van der Waals surface area contributed by atoms with Crippen LogP contribution >= 0.6 is 11.3 Å². The molecular formula is C22H25N9S. The van der Waals surface area contributed by atoms with Crippen LogP contribution in [0.4, 0.5) is 11.6 Å². The lowest BCUT2D eigenvalue weighted by Gasteiger charge is -2.31. The number of rotatable bonds is 7. The van der Waals surface area contributed by atoms with Gasteiger partial charge < -0.3 is 10.2 Å². The van der Waals surface area contributed by atoms with Gasteiger partial charge in [0.25, 0.3) is 0 Å². The van der Waals surface area contributed by atoms with Crippen LogP contribution in [-0.4, -0.2) is 48.7 Å². The van der Waals surface area contributed by atoms with E-state index in [1.54, 1.807) is 11.3 Å². The van der Waals surface area contributed by atoms with E-state index < -0.39 is 0 Å². The Morgan fingerprint density at radius 3 is 2.59 bits per heavy atom. The fraction of sp³-hybridized carbons (Fsp3) is 0.364. The molecule has 0 aliphatic carbocycles. The van der Waals surface area contributed by atoms with Gasteiger partial charge >= 0.3 is 0 Å². The van der Waals surface area contributed by atoms with E-state index in [0.717, 1.165) is 55.2 Å². The smallest absolute Gasteiger partial charge is 0.225 e. The van der Waals surface area contributed by atoms with Crippen LogP contribution in [-0.2, 0) is 13.0 Å². The number of aryl methyl sites for hydroxylation is 1. The van der Waals surface area contributed by atoms with Gasteiger partial charge in [-0.15, -0.1) is 16.4 Å². The molecule has 0 saturated carbocycles. The van der Waals surface area contributed by atoms with Crippen LogP contribution < -0.4 is 10.2 Å². The molecule has 0 atom stereocenters. The molecule has 0 unspecified atom stereocenters. The van der Waals surface area contributed by atoms with Gasteiger partial charge in [-0.2, -0.15) is 0 Å². The molecule has 164 valence electrons. The van der Waals surface area contributed by atoms with Gasteiger partial charge in [-0.3, -0.25) is 0 Å². The summed E-state index contributed by atoms with van der Waals surface area (Å²) in [4.78, 5) is 16.2. The number of aromatic amines is 1. The predicted octanol–water partition coefficient (Wildman–Crippen LogP) is 3.67. The molecule has 2 N–H and O–H groups in total. The highest BCUT2D eigenvalue weighted by molar-refractivity contribution is 7.09. The number of hydrogen-bond acceptors (Lipinski definition) is 9. The largest absolute Gasteiger partial charge is 0.379 e. The van der Waals surface area contributed by atoms with E-state index >= 15 is 0 Å². The van der Waals surface area contributed by atoms with E-state index in [4.69, 9.17) is 4.98 Å². The second-order valence-corrected chi connectivity index (χ2v) is 8.75. The summed E-state index contributed by atoms with van der Waals surface area (Å²) < 4.78 is 0. The number of tetrazole rings is 1. The highest BCUT2D eigenvalue weighted by atomic mass is 32.1. The van der Waals surface area contributed by atoms with E-state index in [1.165, 1.54) is 10.6 Å². The highest BCUT2D eigenvalue weighted by Gasteiger charge is 2.24. The Bertz CT molecular complexity index is 1120. The van der Waals surface area contributed by atoms with Crippen molar-refractivity contribution in [1.29, 1.82) is 0 Å². The molecule has 10 heteroatoms. The number of nitrogens with zero attached hydrogens (tertiary/aromatic N) is 7. The number of anilines is 2. The van der Waals surface area contributed by atoms with E-state index in [0.29, 0.717) is 18.3 Å². The van der Waals surface area contributed by atoms with Gasteiger partial charge in [-0.25, -0.2) is 20.1 Å². The van der Waals surface area contributed by atoms with E-state index in [9.17, 15) is 0 Å². The number of piperidine rings is 1. The Morgan fingerprint density at radius 1 is 1.12 bits per heavy atom. The first-order chi connectivity index (χ1) is 15.8. The number of thiazole rings is 1. The molecule has 0 radical (unpaired) electrons. The molecule has 1 aliphatic heterocycles. The van der Waals surface area contributed by atoms with Gasteiger partial charge in [0.1, 0.15) is 0 Å². The minimum atomic E-state index is 0.509. The van der Waals surface area contributed by atoms with Crippen molar-refractivity contribution < 1.29 is 0 Å². The molecule has 0 bridgehead atoms. The second kappa shape index (κ2) is 9.39. The minimum Gasteiger partial charge on any atom is -0.379 e. The van der Waals surface area contributed by atoms with E-state index in [2.05, 4.69) is 53.1 Å². The van der Waals surface area contributed by atoms with Crippen LogP contribution in [0.3, 0.4) is 0 Å². The monoisotopic (exact) mass is 447 g/mol. The third kappa shape index (κ3) is 4.59. The molecule has 4 aromatic rings. The maximum absolute atomic E-state index is 4.90. The molecule has 1 saturated heterocycles. The van der Waals surface area contributed by atoms with Crippen molar-refractivity contribution in [1.82, 2.24) is 35.6 Å². The lowest BCUT2D eigenvalue weighted by atomic mass is 9.98. The summed E-state index contributed by atoms with van der Waals surface area (Å²) in [6.45, 7) is 4.76. The predicted molar refractivity (Wildman–Crippen MR) is 125 cm³/mol. The van der Waals surface area contributed by atoms with Crippen molar-refractivity contribution in [3.05, 3.63) is 58.3 Å². The van der Waals surface area contributed by atoms with Crippen molar-refractivity contribution in [2.75, 3.05) is 23.3 Å². The van der Waals surface area contributed by atoms with Crippen LogP contribution in [0.1, 0.15) is 41.9 Å². The maximum Gasteiger partial charge on any atom is 0.225 e. The molecule has 1 fully saturated rings. The number of hydrogen-bond donors (Lipinski definition) is 2. The summed E-state index contributed by atoms with van der Waals surface area (Å²) in [5.74, 6) is 2.02. The molecule has 1 aliphatic rings. The molecule has 3 aromatic heterocycles. The Hall–Kier alpha value is -3.40. The van der Waals surface area contributed by atoms with E-state index in [-0.39, 0.29) is 0 Å². The summed E-state index contributed by atoms with van der Waals surface area (Å²) in [5, 5.41) is 20.8. The molecule has 5 rings (SSSR count). The first-order valence-electron chi connectivity index (χ1n) is 10.9. The number of aromatic nitrogens is 7. The average Bonchev–Trinajstić information content (AvgIpc) is 3.56. The van der Waals surface area contributed by atoms with Gasteiger partial charge in [0.15, 0.2) is 5.82 Å². The molecule has 32 heavy (non-hydrogen) atoms. The van der Waals surface area contributed by atoms with Gasteiger partial charge in [-0.05, 0) is 59.5 Å². The zero-order chi connectivity index (χ0) is 21.8. The SMILES string of the molecule is CCc1cnc(N2CCC(c3nc(CNc4ccc(-c5nnn[nH]5)cc4)cs3)CC2)nc1. The molecular weight excluding hydrogens is 422 g/mol. The van der Waals surface area contributed by atoms with Gasteiger partial charge in [0, 0.05) is 48.0 Å². The topological polar surface area (TPSA) is 108 Å². The zero-order valence-corrected chi connectivity index (χ0v) is 18.7. The Labute approximate surface area is 190 Å². The number of benzene rings is 1. The fourth-order valence-corrected chi connectivity index (χ4v) is 4.82. The van der Waals surface area contributed by atoms with Crippen LogP contribution in [0.5, 0.6) is 0 Å². The second-order valence-electron chi connectivity index (χ2n) is 7.86. The van der Waals surface area contributed by atoms with Crippen LogP contribution in [0.2, 0.25) is 0 Å².